The van der Waals surface area contributed by atoms with Gasteiger partial charge in [0, 0.05) is 0 Å². The van der Waals surface area contributed by atoms with Crippen LogP contribution in [0.15, 0.2) is 59.7 Å². The van der Waals surface area contributed by atoms with Gasteiger partial charge in [0.15, 0.2) is 6.61 Å². The fourth-order valence-electron chi connectivity index (χ4n) is 2.38. The zero-order valence-electron chi connectivity index (χ0n) is 15.0. The van der Waals surface area contributed by atoms with Gasteiger partial charge in [-0.1, -0.05) is 47.5 Å². The molecule has 0 fully saturated rings. The van der Waals surface area contributed by atoms with E-state index in [1.165, 1.54) is 6.21 Å². The lowest BCUT2D eigenvalue weighted by Gasteiger charge is -2.05. The van der Waals surface area contributed by atoms with Gasteiger partial charge < -0.3 is 4.74 Å². The second-order valence-electron chi connectivity index (χ2n) is 5.93. The monoisotopic (exact) mass is 382 g/mol. The van der Waals surface area contributed by atoms with Crippen molar-refractivity contribution in [1.29, 1.82) is 0 Å². The van der Waals surface area contributed by atoms with E-state index in [1.54, 1.807) is 4.68 Å². The molecule has 1 N–H and O–H groups in total. The molecule has 1 heterocycles. The summed E-state index contributed by atoms with van der Waals surface area (Å²) in [5.41, 5.74) is 5.74. The number of carbonyl (C=O) groups is 1. The third-order valence-corrected chi connectivity index (χ3v) is 4.19. The average Bonchev–Trinajstić information content (AvgIpc) is 2.96. The van der Waals surface area contributed by atoms with Crippen molar-refractivity contribution in [3.05, 3.63) is 76.6 Å². The molecule has 0 bridgehead atoms. The van der Waals surface area contributed by atoms with E-state index in [1.807, 2.05) is 68.4 Å². The number of benzene rings is 2. The highest BCUT2D eigenvalue weighted by atomic mass is 35.5. The van der Waals surface area contributed by atoms with E-state index in [0.717, 1.165) is 11.3 Å². The molecule has 0 aliphatic heterocycles. The summed E-state index contributed by atoms with van der Waals surface area (Å²) in [6.45, 7) is 3.68. The second-order valence-corrected chi connectivity index (χ2v) is 6.29. The Morgan fingerprint density at radius 2 is 1.89 bits per heavy atom. The number of carbonyl (C=O) groups excluding carboxylic acids is 1. The van der Waals surface area contributed by atoms with Gasteiger partial charge >= 0.3 is 0 Å². The van der Waals surface area contributed by atoms with Crippen molar-refractivity contribution in [3.8, 4) is 11.4 Å². The van der Waals surface area contributed by atoms with Crippen molar-refractivity contribution in [3.63, 3.8) is 0 Å². The third kappa shape index (κ3) is 4.74. The summed E-state index contributed by atoms with van der Waals surface area (Å²) < 4.78 is 7.03. The van der Waals surface area contributed by atoms with Gasteiger partial charge in [-0.25, -0.2) is 10.1 Å². The zero-order valence-corrected chi connectivity index (χ0v) is 15.8. The molecule has 27 heavy (non-hydrogen) atoms. The maximum Gasteiger partial charge on any atom is 0.277 e. The van der Waals surface area contributed by atoms with Crippen LogP contribution in [0.5, 0.6) is 5.75 Å². The first kappa shape index (κ1) is 18.7. The molecular weight excluding hydrogens is 364 g/mol. The molecule has 3 rings (SSSR count). The third-order valence-electron chi connectivity index (χ3n) is 3.82. The Hall–Kier alpha value is -3.12. The van der Waals surface area contributed by atoms with Crippen LogP contribution in [-0.2, 0) is 4.79 Å². The first-order valence-corrected chi connectivity index (χ1v) is 8.74. The lowest BCUT2D eigenvalue weighted by atomic mass is 10.2. The summed E-state index contributed by atoms with van der Waals surface area (Å²) >= 11 is 6.41. The van der Waals surface area contributed by atoms with Crippen LogP contribution < -0.4 is 10.2 Å². The maximum absolute atomic E-state index is 11.9. The zero-order chi connectivity index (χ0) is 19.2. The van der Waals surface area contributed by atoms with Crippen molar-refractivity contribution >= 4 is 23.7 Å². The number of nitrogens with one attached hydrogen (secondary N) is 1. The molecule has 0 spiro atoms. The Labute approximate surface area is 162 Å². The maximum atomic E-state index is 11.9. The minimum atomic E-state index is -0.365. The summed E-state index contributed by atoms with van der Waals surface area (Å²) in [7, 11) is 0. The van der Waals surface area contributed by atoms with Crippen LogP contribution in [0.4, 0.5) is 0 Å². The molecule has 0 saturated carbocycles. The summed E-state index contributed by atoms with van der Waals surface area (Å²) in [5.74, 6) is 0.263. The van der Waals surface area contributed by atoms with Crippen LogP contribution in [0.1, 0.15) is 16.8 Å². The summed E-state index contributed by atoms with van der Waals surface area (Å²) in [6.07, 6.45) is 1.48. The van der Waals surface area contributed by atoms with Crippen LogP contribution >= 0.6 is 11.6 Å². The standard InChI is InChI=1S/C20H19ClN4O2/c1-14-8-10-17(11-9-14)27-13-19(26)23-22-12-18-15(2)24-25(20(18)21)16-6-4-3-5-7-16/h3-12H,13H2,1-2H3,(H,23,26). The fraction of sp³-hybridized carbons (Fsp3) is 0.150. The highest BCUT2D eigenvalue weighted by Gasteiger charge is 2.13. The van der Waals surface area contributed by atoms with Gasteiger partial charge in [-0.3, -0.25) is 4.79 Å². The van der Waals surface area contributed by atoms with Gasteiger partial charge in [-0.05, 0) is 38.1 Å². The van der Waals surface area contributed by atoms with Crippen molar-refractivity contribution < 1.29 is 9.53 Å². The first-order chi connectivity index (χ1) is 13.0. The molecule has 7 heteroatoms. The van der Waals surface area contributed by atoms with Crippen molar-refractivity contribution in [2.24, 2.45) is 5.10 Å². The van der Waals surface area contributed by atoms with Gasteiger partial charge in [0.1, 0.15) is 10.9 Å². The summed E-state index contributed by atoms with van der Waals surface area (Å²) in [6, 6.07) is 17.0. The van der Waals surface area contributed by atoms with Gasteiger partial charge in [-0.15, -0.1) is 0 Å². The molecule has 138 valence electrons. The summed E-state index contributed by atoms with van der Waals surface area (Å²) in [5, 5.41) is 8.80. The van der Waals surface area contributed by atoms with E-state index in [-0.39, 0.29) is 12.5 Å². The van der Waals surface area contributed by atoms with Crippen molar-refractivity contribution in [2.75, 3.05) is 6.61 Å². The number of hydrogen-bond acceptors (Lipinski definition) is 4. The SMILES string of the molecule is Cc1ccc(OCC(=O)NN=Cc2c(C)nn(-c3ccccc3)c2Cl)cc1. The van der Waals surface area contributed by atoms with Gasteiger partial charge in [0.05, 0.1) is 23.2 Å². The van der Waals surface area contributed by atoms with E-state index in [0.29, 0.717) is 22.2 Å². The predicted octanol–water partition coefficient (Wildman–Crippen LogP) is 3.67. The number of aromatic nitrogens is 2. The predicted molar refractivity (Wildman–Crippen MR) is 106 cm³/mol. The largest absolute Gasteiger partial charge is 0.484 e. The number of nitrogens with zero attached hydrogens (tertiary/aromatic N) is 3. The second kappa shape index (κ2) is 8.51. The molecular formula is C20H19ClN4O2. The van der Waals surface area contributed by atoms with Gasteiger partial charge in [0.25, 0.3) is 5.91 Å². The molecule has 0 aliphatic carbocycles. The topological polar surface area (TPSA) is 68.5 Å². The Bertz CT molecular complexity index is 950. The van der Waals surface area contributed by atoms with E-state index in [4.69, 9.17) is 16.3 Å². The number of aryl methyl sites for hydroxylation is 2. The van der Waals surface area contributed by atoms with Gasteiger partial charge in [0.2, 0.25) is 0 Å². The molecule has 2 aromatic carbocycles. The number of para-hydroxylation sites is 1. The molecule has 1 amide bonds. The number of halogens is 1. The molecule has 0 atom stereocenters. The Balaban J connectivity index is 1.60. The van der Waals surface area contributed by atoms with Crippen LogP contribution in [0, 0.1) is 13.8 Å². The number of rotatable bonds is 6. The molecule has 3 aromatic rings. The normalized spacial score (nSPS) is 10.9. The number of ether oxygens (including phenoxy) is 1. The molecule has 0 radical (unpaired) electrons. The highest BCUT2D eigenvalue weighted by molar-refractivity contribution is 6.32. The first-order valence-electron chi connectivity index (χ1n) is 8.36. The van der Waals surface area contributed by atoms with Crippen LogP contribution in [0.25, 0.3) is 5.69 Å². The lowest BCUT2D eigenvalue weighted by Crippen LogP contribution is -2.24. The fourth-order valence-corrected chi connectivity index (χ4v) is 2.70. The van der Waals surface area contributed by atoms with E-state index in [2.05, 4.69) is 15.6 Å². The van der Waals surface area contributed by atoms with E-state index in [9.17, 15) is 4.79 Å². The Morgan fingerprint density at radius 3 is 2.59 bits per heavy atom. The Kier molecular flexibility index (Phi) is 5.88. The molecule has 0 unspecified atom stereocenters. The van der Waals surface area contributed by atoms with Crippen molar-refractivity contribution in [2.45, 2.75) is 13.8 Å². The molecule has 1 aromatic heterocycles. The quantitative estimate of drug-likeness (QED) is 0.522. The number of hydrazone groups is 1. The van der Waals surface area contributed by atoms with Gasteiger partial charge in [-0.2, -0.15) is 10.2 Å². The van der Waals surface area contributed by atoms with Crippen molar-refractivity contribution in [1.82, 2.24) is 15.2 Å². The van der Waals surface area contributed by atoms with E-state index >= 15 is 0 Å². The van der Waals surface area contributed by atoms with Crippen LogP contribution in [-0.4, -0.2) is 28.5 Å². The van der Waals surface area contributed by atoms with Crippen LogP contribution in [0.2, 0.25) is 5.15 Å². The molecule has 6 nitrogen and oxygen atoms in total. The average molecular weight is 383 g/mol. The minimum Gasteiger partial charge on any atom is -0.484 e. The summed E-state index contributed by atoms with van der Waals surface area (Å²) in [4.78, 5) is 11.9. The minimum absolute atomic E-state index is 0.129. The van der Waals surface area contributed by atoms with Crippen LogP contribution in [0.3, 0.4) is 0 Å². The smallest absolute Gasteiger partial charge is 0.277 e. The van der Waals surface area contributed by atoms with E-state index < -0.39 is 0 Å². The highest BCUT2D eigenvalue weighted by Crippen LogP contribution is 2.21. The molecule has 0 saturated heterocycles. The molecule has 0 aliphatic rings. The number of hydrogen-bond donors (Lipinski definition) is 1. The Morgan fingerprint density at radius 1 is 1.19 bits per heavy atom. The lowest BCUT2D eigenvalue weighted by molar-refractivity contribution is -0.123. The number of amides is 1.